The zero-order chi connectivity index (χ0) is 15.9. The van der Waals surface area contributed by atoms with Crippen LogP contribution in [0.5, 0.6) is 0 Å². The number of aliphatic hydroxyl groups is 3. The van der Waals surface area contributed by atoms with Crippen LogP contribution < -0.4 is 5.73 Å². The molecule has 0 bridgehead atoms. The van der Waals surface area contributed by atoms with Crippen molar-refractivity contribution in [3.8, 4) is 0 Å². The molecular formula is C13H17N5O4. The van der Waals surface area contributed by atoms with Crippen molar-refractivity contribution in [2.75, 3.05) is 19.4 Å². The van der Waals surface area contributed by atoms with Crippen molar-refractivity contribution >= 4 is 17.5 Å². The summed E-state index contributed by atoms with van der Waals surface area (Å²) in [5.74, 6) is 0.275. The summed E-state index contributed by atoms with van der Waals surface area (Å²) in [7, 11) is 1.52. The molecule has 3 rings (SSSR count). The van der Waals surface area contributed by atoms with Gasteiger partial charge in [0.1, 0.15) is 30.2 Å². The zero-order valence-corrected chi connectivity index (χ0v) is 11.9. The molecule has 0 amide bonds. The molecule has 1 aliphatic rings. The highest BCUT2D eigenvalue weighted by Crippen LogP contribution is 2.39. The van der Waals surface area contributed by atoms with Gasteiger partial charge in [-0.3, -0.25) is 4.99 Å². The monoisotopic (exact) mass is 307 g/mol. The van der Waals surface area contributed by atoms with Gasteiger partial charge in [-0.05, 0) is 12.1 Å². The predicted octanol–water partition coefficient (Wildman–Crippen LogP) is -1.68. The Morgan fingerprint density at radius 3 is 2.91 bits per heavy atom. The third-order valence-corrected chi connectivity index (χ3v) is 3.87. The van der Waals surface area contributed by atoms with Crippen LogP contribution in [0.4, 0.5) is 5.82 Å². The van der Waals surface area contributed by atoms with Crippen LogP contribution in [0.1, 0.15) is 5.69 Å². The predicted molar refractivity (Wildman–Crippen MR) is 77.5 cm³/mol. The Kier molecular flexibility index (Phi) is 3.57. The summed E-state index contributed by atoms with van der Waals surface area (Å²) in [4.78, 5) is 7.84. The van der Waals surface area contributed by atoms with Crippen molar-refractivity contribution in [2.45, 2.75) is 23.9 Å². The molecule has 0 aliphatic carbocycles. The van der Waals surface area contributed by atoms with E-state index in [4.69, 9.17) is 10.5 Å². The summed E-state index contributed by atoms with van der Waals surface area (Å²) >= 11 is 0. The number of aliphatic imine (C=N–C) groups is 1. The average molecular weight is 307 g/mol. The van der Waals surface area contributed by atoms with E-state index in [9.17, 15) is 15.3 Å². The second-order valence-corrected chi connectivity index (χ2v) is 5.12. The summed E-state index contributed by atoms with van der Waals surface area (Å²) in [5.41, 5.74) is 5.34. The second-order valence-electron chi connectivity index (χ2n) is 5.12. The number of nitrogen functional groups attached to an aromatic ring is 1. The largest absolute Gasteiger partial charge is 0.394 e. The number of rotatable bonds is 3. The SMILES string of the molecule is CN=C[C@@]1(c2ccc3c(N)ncnn23)O[C@H](CO)[C@@H](O)[C@H]1O. The molecule has 4 atom stereocenters. The van der Waals surface area contributed by atoms with Gasteiger partial charge in [0.05, 0.1) is 12.3 Å². The normalized spacial score (nSPS) is 32.3. The molecule has 1 aliphatic heterocycles. The molecule has 9 heteroatoms. The van der Waals surface area contributed by atoms with E-state index in [1.54, 1.807) is 12.1 Å². The van der Waals surface area contributed by atoms with Gasteiger partial charge in [-0.2, -0.15) is 5.10 Å². The number of anilines is 1. The summed E-state index contributed by atoms with van der Waals surface area (Å²) in [6.45, 7) is -0.433. The standard InChI is InChI=1S/C13H17N5O4/c1-15-5-13(11(21)10(20)8(4-19)22-13)9-3-2-7-12(14)16-6-17-18(7)9/h2-3,5-6,8,10-11,19-21H,4H2,1H3,(H2,14,16,17)/t8-,10-,11-,13+/m1/s1. The molecular weight excluding hydrogens is 290 g/mol. The van der Waals surface area contributed by atoms with E-state index in [0.29, 0.717) is 11.2 Å². The van der Waals surface area contributed by atoms with Crippen molar-refractivity contribution in [3.63, 3.8) is 0 Å². The maximum atomic E-state index is 10.5. The van der Waals surface area contributed by atoms with E-state index in [1.807, 2.05) is 0 Å². The van der Waals surface area contributed by atoms with Crippen LogP contribution in [0.15, 0.2) is 23.5 Å². The molecule has 5 N–H and O–H groups in total. The van der Waals surface area contributed by atoms with Gasteiger partial charge in [0.15, 0.2) is 11.4 Å². The lowest BCUT2D eigenvalue weighted by Crippen LogP contribution is -2.43. The highest BCUT2D eigenvalue weighted by Gasteiger charge is 2.55. The quantitative estimate of drug-likeness (QED) is 0.497. The molecule has 2 aromatic heterocycles. The van der Waals surface area contributed by atoms with E-state index in [-0.39, 0.29) is 5.82 Å². The molecule has 0 aromatic carbocycles. The Hall–Kier alpha value is -2.07. The Morgan fingerprint density at radius 1 is 1.50 bits per heavy atom. The molecule has 1 saturated heterocycles. The van der Waals surface area contributed by atoms with Gasteiger partial charge in [0, 0.05) is 13.3 Å². The van der Waals surface area contributed by atoms with Crippen molar-refractivity contribution in [1.82, 2.24) is 14.6 Å². The minimum Gasteiger partial charge on any atom is -0.394 e. The highest BCUT2D eigenvalue weighted by atomic mass is 16.6. The average Bonchev–Trinajstić information content (AvgIpc) is 3.04. The first kappa shape index (κ1) is 14.9. The minimum atomic E-state index is -1.44. The van der Waals surface area contributed by atoms with Crippen LogP contribution in [-0.4, -0.2) is 68.1 Å². The van der Waals surface area contributed by atoms with Crippen molar-refractivity contribution < 1.29 is 20.1 Å². The maximum Gasteiger partial charge on any atom is 0.173 e. The number of hydrogen-bond donors (Lipinski definition) is 4. The molecule has 9 nitrogen and oxygen atoms in total. The minimum absolute atomic E-state index is 0.275. The Balaban J connectivity index is 2.21. The second kappa shape index (κ2) is 5.29. The van der Waals surface area contributed by atoms with Crippen LogP contribution in [0.2, 0.25) is 0 Å². The molecule has 118 valence electrons. The van der Waals surface area contributed by atoms with E-state index < -0.39 is 30.5 Å². The number of hydrogen-bond acceptors (Lipinski definition) is 8. The molecule has 2 aromatic rings. The van der Waals surface area contributed by atoms with Crippen molar-refractivity contribution in [1.29, 1.82) is 0 Å². The van der Waals surface area contributed by atoms with Crippen LogP contribution >= 0.6 is 0 Å². The van der Waals surface area contributed by atoms with E-state index in [0.717, 1.165) is 0 Å². The molecule has 0 spiro atoms. The van der Waals surface area contributed by atoms with E-state index in [2.05, 4.69) is 15.1 Å². The smallest absolute Gasteiger partial charge is 0.173 e. The van der Waals surface area contributed by atoms with Crippen LogP contribution in [0.25, 0.3) is 5.52 Å². The first-order valence-corrected chi connectivity index (χ1v) is 6.72. The Morgan fingerprint density at radius 2 is 2.27 bits per heavy atom. The first-order chi connectivity index (χ1) is 10.5. The molecule has 3 heterocycles. The van der Waals surface area contributed by atoms with E-state index in [1.165, 1.54) is 24.1 Å². The number of fused-ring (bicyclic) bond motifs is 1. The number of aliphatic hydroxyl groups excluding tert-OH is 3. The lowest BCUT2D eigenvalue weighted by molar-refractivity contribution is -0.0536. The number of nitrogens with zero attached hydrogens (tertiary/aromatic N) is 4. The highest BCUT2D eigenvalue weighted by molar-refractivity contribution is 5.75. The van der Waals surface area contributed by atoms with Gasteiger partial charge in [-0.25, -0.2) is 9.50 Å². The van der Waals surface area contributed by atoms with Crippen LogP contribution in [0.3, 0.4) is 0 Å². The fourth-order valence-electron chi connectivity index (χ4n) is 2.82. The fourth-order valence-corrected chi connectivity index (χ4v) is 2.82. The van der Waals surface area contributed by atoms with Crippen molar-refractivity contribution in [3.05, 3.63) is 24.2 Å². The number of aromatic nitrogens is 3. The third kappa shape index (κ3) is 1.91. The Labute approximate surface area is 125 Å². The van der Waals surface area contributed by atoms with Gasteiger partial charge in [0.2, 0.25) is 0 Å². The summed E-state index contributed by atoms with van der Waals surface area (Å²) in [5, 5.41) is 34.0. The van der Waals surface area contributed by atoms with Crippen LogP contribution in [0, 0.1) is 0 Å². The number of ether oxygens (including phenoxy) is 1. The lowest BCUT2D eigenvalue weighted by atomic mass is 9.92. The van der Waals surface area contributed by atoms with E-state index >= 15 is 0 Å². The molecule has 0 saturated carbocycles. The summed E-state index contributed by atoms with van der Waals surface area (Å²) < 4.78 is 7.21. The molecule has 1 fully saturated rings. The van der Waals surface area contributed by atoms with Gasteiger partial charge in [-0.15, -0.1) is 0 Å². The maximum absolute atomic E-state index is 10.5. The molecule has 0 radical (unpaired) electrons. The lowest BCUT2D eigenvalue weighted by Gasteiger charge is -2.27. The Bertz CT molecular complexity index is 718. The molecule has 0 unspecified atom stereocenters. The van der Waals surface area contributed by atoms with Gasteiger partial charge in [0.25, 0.3) is 0 Å². The van der Waals surface area contributed by atoms with Gasteiger partial charge >= 0.3 is 0 Å². The summed E-state index contributed by atoms with van der Waals surface area (Å²) in [6.07, 6.45) is -0.839. The van der Waals surface area contributed by atoms with Crippen LogP contribution in [-0.2, 0) is 10.3 Å². The summed E-state index contributed by atoms with van der Waals surface area (Å²) in [6, 6.07) is 3.35. The fraction of sp³-hybridized carbons (Fsp3) is 0.462. The topological polar surface area (TPSA) is 138 Å². The first-order valence-electron chi connectivity index (χ1n) is 6.72. The van der Waals surface area contributed by atoms with Crippen molar-refractivity contribution in [2.24, 2.45) is 4.99 Å². The van der Waals surface area contributed by atoms with Gasteiger partial charge in [-0.1, -0.05) is 0 Å². The zero-order valence-electron chi connectivity index (χ0n) is 11.9. The van der Waals surface area contributed by atoms with Gasteiger partial charge < -0.3 is 25.8 Å². The number of nitrogens with two attached hydrogens (primary N) is 1. The third-order valence-electron chi connectivity index (χ3n) is 3.87. The molecule has 22 heavy (non-hydrogen) atoms.